The second kappa shape index (κ2) is 7.32. The highest BCUT2D eigenvalue weighted by atomic mass is 32.1. The summed E-state index contributed by atoms with van der Waals surface area (Å²) in [6, 6.07) is 16.7. The van der Waals surface area contributed by atoms with Gasteiger partial charge in [-0.15, -0.1) is 11.3 Å². The van der Waals surface area contributed by atoms with Gasteiger partial charge < -0.3 is 5.32 Å². The first kappa shape index (κ1) is 17.4. The van der Waals surface area contributed by atoms with E-state index in [0.29, 0.717) is 10.7 Å². The third kappa shape index (κ3) is 3.61. The molecule has 0 bridgehead atoms. The van der Waals surface area contributed by atoms with E-state index in [2.05, 4.69) is 15.6 Å². The number of hydrogen-bond donors (Lipinski definition) is 2. The van der Waals surface area contributed by atoms with Crippen molar-refractivity contribution in [2.75, 3.05) is 10.6 Å². The van der Waals surface area contributed by atoms with Gasteiger partial charge in [-0.1, -0.05) is 36.4 Å². The van der Waals surface area contributed by atoms with E-state index in [4.69, 9.17) is 0 Å². The second-order valence-corrected chi connectivity index (χ2v) is 7.63. The number of carbonyl (C=O) groups excluding carboxylic acids is 2. The number of nitrogens with zero attached hydrogens (tertiary/aromatic N) is 1. The number of amides is 2. The molecule has 5 nitrogen and oxygen atoms in total. The quantitative estimate of drug-likeness (QED) is 0.709. The number of para-hydroxylation sites is 1. The van der Waals surface area contributed by atoms with Gasteiger partial charge in [0.15, 0.2) is 5.13 Å². The molecule has 1 heterocycles. The molecule has 2 amide bonds. The number of aromatic nitrogens is 1. The molecule has 0 fully saturated rings. The third-order valence-electron chi connectivity index (χ3n) is 4.69. The van der Waals surface area contributed by atoms with Crippen LogP contribution in [0, 0.1) is 6.92 Å². The number of hydrogen-bond acceptors (Lipinski definition) is 4. The fraction of sp³-hybridized carbons (Fsp3) is 0.190. The van der Waals surface area contributed by atoms with Gasteiger partial charge in [-0.05, 0) is 43.5 Å². The highest BCUT2D eigenvalue weighted by Gasteiger charge is 2.33. The number of nitrogens with one attached hydrogen (secondary N) is 2. The lowest BCUT2D eigenvalue weighted by Crippen LogP contribution is -2.20. The van der Waals surface area contributed by atoms with Crippen molar-refractivity contribution in [1.82, 2.24) is 4.98 Å². The van der Waals surface area contributed by atoms with Crippen LogP contribution in [0.4, 0.5) is 10.8 Å². The van der Waals surface area contributed by atoms with E-state index in [1.54, 1.807) is 12.1 Å². The van der Waals surface area contributed by atoms with Crippen molar-refractivity contribution in [3.05, 3.63) is 76.3 Å². The molecule has 1 aliphatic carbocycles. The molecule has 0 radical (unpaired) electrons. The molecule has 2 aromatic carbocycles. The van der Waals surface area contributed by atoms with Crippen molar-refractivity contribution >= 4 is 34.0 Å². The molecular weight excluding hydrogens is 358 g/mol. The summed E-state index contributed by atoms with van der Waals surface area (Å²) in [7, 11) is 0. The minimum absolute atomic E-state index is 0.0470. The number of benzene rings is 2. The summed E-state index contributed by atoms with van der Waals surface area (Å²) in [5.41, 5.74) is 3.22. The van der Waals surface area contributed by atoms with Crippen LogP contribution in [0.25, 0.3) is 0 Å². The molecule has 3 aromatic rings. The molecule has 136 valence electrons. The van der Waals surface area contributed by atoms with Gasteiger partial charge in [0.1, 0.15) is 0 Å². The van der Waals surface area contributed by atoms with Crippen molar-refractivity contribution in [2.24, 2.45) is 0 Å². The maximum absolute atomic E-state index is 12.7. The summed E-state index contributed by atoms with van der Waals surface area (Å²) >= 11 is 1.45. The summed E-state index contributed by atoms with van der Waals surface area (Å²) in [4.78, 5) is 30.7. The van der Waals surface area contributed by atoms with Crippen LogP contribution in [0.5, 0.6) is 0 Å². The number of anilines is 2. The monoisotopic (exact) mass is 377 g/mol. The van der Waals surface area contributed by atoms with Crippen LogP contribution in [-0.2, 0) is 11.2 Å². The van der Waals surface area contributed by atoms with Crippen LogP contribution in [-0.4, -0.2) is 16.8 Å². The lowest BCUT2D eigenvalue weighted by atomic mass is 10.1. The Bertz CT molecular complexity index is 998. The van der Waals surface area contributed by atoms with Gasteiger partial charge in [-0.3, -0.25) is 14.9 Å². The fourth-order valence-corrected chi connectivity index (χ4v) is 4.26. The molecule has 0 saturated carbocycles. The van der Waals surface area contributed by atoms with Crippen molar-refractivity contribution < 1.29 is 9.59 Å². The summed E-state index contributed by atoms with van der Waals surface area (Å²) in [6.45, 7) is 1.97. The number of carbonyl (C=O) groups is 2. The summed E-state index contributed by atoms with van der Waals surface area (Å²) in [5, 5.41) is 6.39. The molecule has 1 unspecified atom stereocenters. The van der Waals surface area contributed by atoms with Crippen LogP contribution >= 0.6 is 11.3 Å². The molecule has 1 aromatic heterocycles. The zero-order valence-corrected chi connectivity index (χ0v) is 15.7. The highest BCUT2D eigenvalue weighted by molar-refractivity contribution is 7.16. The Morgan fingerprint density at radius 1 is 1.04 bits per heavy atom. The second-order valence-electron chi connectivity index (χ2n) is 6.54. The first-order chi connectivity index (χ1) is 13.1. The Hall–Kier alpha value is -2.99. The molecule has 6 heteroatoms. The standard InChI is InChI=1S/C21H19N3O2S/c1-13-7-5-6-10-16(13)22-20(26)15-11-12-17-18(15)23-21(27-17)24-19(25)14-8-3-2-4-9-14/h2-10,15H,11-12H2,1H3,(H,22,26)(H,23,24,25). The number of aryl methyl sites for hydroxylation is 2. The Morgan fingerprint density at radius 2 is 1.78 bits per heavy atom. The molecule has 4 rings (SSSR count). The van der Waals surface area contributed by atoms with E-state index in [-0.39, 0.29) is 17.7 Å². The average Bonchev–Trinajstić information content (AvgIpc) is 3.24. The molecule has 0 saturated heterocycles. The Kier molecular flexibility index (Phi) is 4.73. The predicted octanol–water partition coefficient (Wildman–Crippen LogP) is 4.37. The molecule has 1 aliphatic rings. The van der Waals surface area contributed by atoms with Crippen molar-refractivity contribution in [2.45, 2.75) is 25.7 Å². The Morgan fingerprint density at radius 3 is 2.56 bits per heavy atom. The lowest BCUT2D eigenvalue weighted by molar-refractivity contribution is -0.117. The van der Waals surface area contributed by atoms with Gasteiger partial charge in [-0.25, -0.2) is 4.98 Å². The molecule has 0 aliphatic heterocycles. The molecule has 1 atom stereocenters. The average molecular weight is 377 g/mol. The van der Waals surface area contributed by atoms with E-state index < -0.39 is 0 Å². The maximum atomic E-state index is 12.7. The van der Waals surface area contributed by atoms with Crippen LogP contribution in [0.3, 0.4) is 0 Å². The first-order valence-corrected chi connectivity index (χ1v) is 9.66. The normalized spacial score (nSPS) is 15.2. The van der Waals surface area contributed by atoms with E-state index in [0.717, 1.165) is 34.7 Å². The summed E-state index contributed by atoms with van der Waals surface area (Å²) in [5.74, 6) is -0.517. The van der Waals surface area contributed by atoms with Gasteiger partial charge in [0, 0.05) is 16.1 Å². The zero-order chi connectivity index (χ0) is 18.8. The van der Waals surface area contributed by atoms with Crippen molar-refractivity contribution in [1.29, 1.82) is 0 Å². The van der Waals surface area contributed by atoms with E-state index in [1.807, 2.05) is 49.4 Å². The summed E-state index contributed by atoms with van der Waals surface area (Å²) in [6.07, 6.45) is 1.55. The fourth-order valence-electron chi connectivity index (χ4n) is 3.23. The largest absolute Gasteiger partial charge is 0.325 e. The van der Waals surface area contributed by atoms with Crippen molar-refractivity contribution in [3.63, 3.8) is 0 Å². The van der Waals surface area contributed by atoms with Gasteiger partial charge >= 0.3 is 0 Å². The molecular formula is C21H19N3O2S. The van der Waals surface area contributed by atoms with Gasteiger partial charge in [0.05, 0.1) is 11.6 Å². The minimum Gasteiger partial charge on any atom is -0.325 e. The number of rotatable bonds is 4. The van der Waals surface area contributed by atoms with Crippen LogP contribution in [0.2, 0.25) is 0 Å². The SMILES string of the molecule is Cc1ccccc1NC(=O)C1CCc2sc(NC(=O)c3ccccc3)nc21. The highest BCUT2D eigenvalue weighted by Crippen LogP contribution is 2.39. The van der Waals surface area contributed by atoms with Crippen LogP contribution in [0.1, 0.15) is 38.8 Å². The zero-order valence-electron chi connectivity index (χ0n) is 14.9. The lowest BCUT2D eigenvalue weighted by Gasteiger charge is -2.12. The number of fused-ring (bicyclic) bond motifs is 1. The van der Waals surface area contributed by atoms with E-state index >= 15 is 0 Å². The van der Waals surface area contributed by atoms with Gasteiger partial charge in [0.25, 0.3) is 5.91 Å². The Labute approximate surface area is 161 Å². The van der Waals surface area contributed by atoms with Gasteiger partial charge in [0.2, 0.25) is 5.91 Å². The van der Waals surface area contributed by atoms with Crippen LogP contribution < -0.4 is 10.6 Å². The predicted molar refractivity (Wildman–Crippen MR) is 107 cm³/mol. The van der Waals surface area contributed by atoms with Crippen LogP contribution in [0.15, 0.2) is 54.6 Å². The molecule has 2 N–H and O–H groups in total. The molecule has 27 heavy (non-hydrogen) atoms. The Balaban J connectivity index is 1.48. The van der Waals surface area contributed by atoms with E-state index in [9.17, 15) is 9.59 Å². The first-order valence-electron chi connectivity index (χ1n) is 8.84. The third-order valence-corrected chi connectivity index (χ3v) is 5.74. The van der Waals surface area contributed by atoms with Gasteiger partial charge in [-0.2, -0.15) is 0 Å². The topological polar surface area (TPSA) is 71.1 Å². The van der Waals surface area contributed by atoms with E-state index in [1.165, 1.54) is 11.3 Å². The van der Waals surface area contributed by atoms with Crippen molar-refractivity contribution in [3.8, 4) is 0 Å². The number of thiazole rings is 1. The minimum atomic E-state index is -0.279. The molecule has 0 spiro atoms. The maximum Gasteiger partial charge on any atom is 0.257 e. The smallest absolute Gasteiger partial charge is 0.257 e. The summed E-state index contributed by atoms with van der Waals surface area (Å²) < 4.78 is 0.